The Morgan fingerprint density at radius 1 is 1.00 bits per heavy atom. The normalized spacial score (nSPS) is 11.0. The molecule has 0 N–H and O–H groups in total. The largest absolute Gasteiger partial charge is 0.289 e. The molecule has 0 heterocycles. The first-order valence-electron chi connectivity index (χ1n) is 5.91. The summed E-state index contributed by atoms with van der Waals surface area (Å²) in [6, 6.07) is 10.5. The Morgan fingerprint density at radius 3 is 2.25 bits per heavy atom. The van der Waals surface area contributed by atoms with Crippen LogP contribution in [0.1, 0.15) is 21.5 Å². The third-order valence-corrected chi connectivity index (χ3v) is 3.80. The fourth-order valence-electron chi connectivity index (χ4n) is 1.75. The first-order valence-corrected chi connectivity index (χ1v) is 7.04. The van der Waals surface area contributed by atoms with Crippen molar-refractivity contribution < 1.29 is 4.79 Å². The van der Waals surface area contributed by atoms with Crippen molar-refractivity contribution in [3.8, 4) is 0 Å². The molecule has 0 radical (unpaired) electrons. The van der Waals surface area contributed by atoms with Gasteiger partial charge in [0.1, 0.15) is 0 Å². The monoisotopic (exact) mass is 324 g/mol. The molecule has 0 aliphatic carbocycles. The second-order valence-corrected chi connectivity index (χ2v) is 5.58. The van der Waals surface area contributed by atoms with Gasteiger partial charge in [-0.05, 0) is 48.4 Å². The predicted molar refractivity (Wildman–Crippen MR) is 86.0 cm³/mol. The SMILES string of the molecule is Cc1cc(Cl)c(Cl)cc1C(=O)/C=C/c1ccc(Cl)cc1. The molecule has 4 heteroatoms. The number of carbonyl (C=O) groups is 1. The van der Waals surface area contributed by atoms with E-state index in [1.165, 1.54) is 6.08 Å². The topological polar surface area (TPSA) is 17.1 Å². The molecule has 0 aromatic heterocycles. The Balaban J connectivity index is 2.24. The highest BCUT2D eigenvalue weighted by molar-refractivity contribution is 6.42. The standard InChI is InChI=1S/C16H11Cl3O/c1-10-8-14(18)15(19)9-13(10)16(20)7-4-11-2-5-12(17)6-3-11/h2-9H,1H3/b7-4+. The van der Waals surface area contributed by atoms with Crippen molar-refractivity contribution in [2.75, 3.05) is 0 Å². The van der Waals surface area contributed by atoms with Gasteiger partial charge in [-0.15, -0.1) is 0 Å². The number of benzene rings is 2. The molecule has 2 aromatic carbocycles. The van der Waals surface area contributed by atoms with Gasteiger partial charge < -0.3 is 0 Å². The van der Waals surface area contributed by atoms with Crippen LogP contribution >= 0.6 is 34.8 Å². The molecule has 0 aliphatic rings. The minimum atomic E-state index is -0.115. The number of hydrogen-bond donors (Lipinski definition) is 0. The van der Waals surface area contributed by atoms with Crippen LogP contribution in [0.5, 0.6) is 0 Å². The van der Waals surface area contributed by atoms with Crippen molar-refractivity contribution in [2.45, 2.75) is 6.92 Å². The van der Waals surface area contributed by atoms with Gasteiger partial charge >= 0.3 is 0 Å². The number of carbonyl (C=O) groups excluding carboxylic acids is 1. The van der Waals surface area contributed by atoms with Gasteiger partial charge in [0.05, 0.1) is 10.0 Å². The minimum absolute atomic E-state index is 0.115. The summed E-state index contributed by atoms with van der Waals surface area (Å²) in [6.45, 7) is 1.82. The summed E-state index contributed by atoms with van der Waals surface area (Å²) in [5, 5.41) is 1.48. The Labute approximate surface area is 132 Å². The summed E-state index contributed by atoms with van der Waals surface area (Å²) in [7, 11) is 0. The summed E-state index contributed by atoms with van der Waals surface area (Å²) >= 11 is 17.7. The summed E-state index contributed by atoms with van der Waals surface area (Å²) in [4.78, 5) is 12.2. The van der Waals surface area contributed by atoms with E-state index in [4.69, 9.17) is 34.8 Å². The van der Waals surface area contributed by atoms with Crippen LogP contribution in [0.15, 0.2) is 42.5 Å². The van der Waals surface area contributed by atoms with Crippen molar-refractivity contribution in [3.63, 3.8) is 0 Å². The van der Waals surface area contributed by atoms with Crippen LogP contribution < -0.4 is 0 Å². The molecule has 0 spiro atoms. The van der Waals surface area contributed by atoms with Gasteiger partial charge in [0.15, 0.2) is 5.78 Å². The predicted octanol–water partition coefficient (Wildman–Crippen LogP) is 5.85. The van der Waals surface area contributed by atoms with Crippen LogP contribution in [-0.4, -0.2) is 5.78 Å². The second kappa shape index (κ2) is 6.45. The lowest BCUT2D eigenvalue weighted by molar-refractivity contribution is 0.104. The molecule has 102 valence electrons. The molecule has 0 fully saturated rings. The van der Waals surface area contributed by atoms with E-state index in [9.17, 15) is 4.79 Å². The van der Waals surface area contributed by atoms with Gasteiger partial charge in [0.2, 0.25) is 0 Å². The lowest BCUT2D eigenvalue weighted by Crippen LogP contribution is -1.98. The maximum Gasteiger partial charge on any atom is 0.186 e. The van der Waals surface area contributed by atoms with Crippen molar-refractivity contribution in [1.82, 2.24) is 0 Å². The fraction of sp³-hybridized carbons (Fsp3) is 0.0625. The molecule has 0 unspecified atom stereocenters. The Bertz CT molecular complexity index is 673. The van der Waals surface area contributed by atoms with Gasteiger partial charge in [-0.3, -0.25) is 4.79 Å². The van der Waals surface area contributed by atoms with Crippen LogP contribution in [0.3, 0.4) is 0 Å². The number of halogens is 3. The number of allylic oxidation sites excluding steroid dienone is 1. The molecule has 0 saturated heterocycles. The number of hydrogen-bond acceptors (Lipinski definition) is 1. The smallest absolute Gasteiger partial charge is 0.186 e. The second-order valence-electron chi connectivity index (χ2n) is 4.33. The summed E-state index contributed by atoms with van der Waals surface area (Å²) in [5.41, 5.74) is 2.25. The van der Waals surface area contributed by atoms with Crippen LogP contribution in [-0.2, 0) is 0 Å². The van der Waals surface area contributed by atoms with Gasteiger partial charge in [-0.2, -0.15) is 0 Å². The highest BCUT2D eigenvalue weighted by atomic mass is 35.5. The van der Waals surface area contributed by atoms with E-state index in [0.29, 0.717) is 20.6 Å². The zero-order valence-electron chi connectivity index (χ0n) is 10.7. The van der Waals surface area contributed by atoms with Crippen molar-refractivity contribution in [1.29, 1.82) is 0 Å². The Hall–Kier alpha value is -1.28. The van der Waals surface area contributed by atoms with Crippen LogP contribution in [0, 0.1) is 6.92 Å². The fourth-order valence-corrected chi connectivity index (χ4v) is 2.26. The third kappa shape index (κ3) is 3.63. The third-order valence-electron chi connectivity index (χ3n) is 2.83. The lowest BCUT2D eigenvalue weighted by atomic mass is 10.0. The number of aryl methyl sites for hydroxylation is 1. The van der Waals surface area contributed by atoms with Crippen LogP contribution in [0.4, 0.5) is 0 Å². The highest BCUT2D eigenvalue weighted by Gasteiger charge is 2.09. The van der Waals surface area contributed by atoms with E-state index in [-0.39, 0.29) is 5.78 Å². The molecule has 0 bridgehead atoms. The lowest BCUT2D eigenvalue weighted by Gasteiger charge is -2.04. The quantitative estimate of drug-likeness (QED) is 0.511. The number of rotatable bonds is 3. The average molecular weight is 326 g/mol. The van der Waals surface area contributed by atoms with E-state index in [1.807, 2.05) is 19.1 Å². The van der Waals surface area contributed by atoms with E-state index < -0.39 is 0 Å². The molecular formula is C16H11Cl3O. The minimum Gasteiger partial charge on any atom is -0.289 e. The Kier molecular flexibility index (Phi) is 4.87. The van der Waals surface area contributed by atoms with Gasteiger partial charge in [-0.25, -0.2) is 0 Å². The maximum absolute atomic E-state index is 12.2. The molecular weight excluding hydrogens is 315 g/mol. The zero-order chi connectivity index (χ0) is 14.7. The van der Waals surface area contributed by atoms with Crippen molar-refractivity contribution >= 4 is 46.7 Å². The van der Waals surface area contributed by atoms with Crippen molar-refractivity contribution in [2.24, 2.45) is 0 Å². The first kappa shape index (κ1) is 15.1. The molecule has 0 atom stereocenters. The van der Waals surface area contributed by atoms with E-state index >= 15 is 0 Å². The van der Waals surface area contributed by atoms with E-state index in [2.05, 4.69) is 0 Å². The molecule has 2 aromatic rings. The van der Waals surface area contributed by atoms with E-state index in [0.717, 1.165) is 11.1 Å². The molecule has 0 amide bonds. The molecule has 0 saturated carbocycles. The van der Waals surface area contributed by atoms with Crippen LogP contribution in [0.25, 0.3) is 6.08 Å². The summed E-state index contributed by atoms with van der Waals surface area (Å²) < 4.78 is 0. The zero-order valence-corrected chi connectivity index (χ0v) is 12.9. The molecule has 1 nitrogen and oxygen atoms in total. The average Bonchev–Trinajstić information content (AvgIpc) is 2.42. The van der Waals surface area contributed by atoms with Gasteiger partial charge in [0, 0.05) is 10.6 Å². The van der Waals surface area contributed by atoms with E-state index in [1.54, 1.807) is 30.3 Å². The highest BCUT2D eigenvalue weighted by Crippen LogP contribution is 2.26. The summed E-state index contributed by atoms with van der Waals surface area (Å²) in [5.74, 6) is -0.115. The first-order chi connectivity index (χ1) is 9.47. The molecule has 2 rings (SSSR count). The van der Waals surface area contributed by atoms with Crippen LogP contribution in [0.2, 0.25) is 15.1 Å². The maximum atomic E-state index is 12.2. The van der Waals surface area contributed by atoms with Crippen molar-refractivity contribution in [3.05, 3.63) is 74.2 Å². The van der Waals surface area contributed by atoms with Gasteiger partial charge in [0.25, 0.3) is 0 Å². The van der Waals surface area contributed by atoms with Gasteiger partial charge in [-0.1, -0.05) is 53.0 Å². The summed E-state index contributed by atoms with van der Waals surface area (Å²) in [6.07, 6.45) is 3.25. The Morgan fingerprint density at radius 2 is 1.60 bits per heavy atom. The molecule has 20 heavy (non-hydrogen) atoms. The number of ketones is 1. The molecule has 0 aliphatic heterocycles.